The van der Waals surface area contributed by atoms with Gasteiger partial charge in [0.25, 0.3) is 0 Å². The smallest absolute Gasteiger partial charge is 0.142 e. The molecule has 3 rings (SSSR count). The second-order valence-electron chi connectivity index (χ2n) is 4.44. The number of rotatable bonds is 2. The van der Waals surface area contributed by atoms with E-state index in [2.05, 4.69) is 9.97 Å². The molecule has 0 amide bonds. The molecule has 19 heavy (non-hydrogen) atoms. The molecule has 0 spiro atoms. The highest BCUT2D eigenvalue weighted by Gasteiger charge is 2.13. The van der Waals surface area contributed by atoms with Crippen LogP contribution in [0.2, 0.25) is 0 Å². The van der Waals surface area contributed by atoms with Crippen LogP contribution >= 0.6 is 0 Å². The highest BCUT2D eigenvalue weighted by molar-refractivity contribution is 5.81. The van der Waals surface area contributed by atoms with Gasteiger partial charge in [0.15, 0.2) is 0 Å². The van der Waals surface area contributed by atoms with Crippen LogP contribution in [-0.2, 0) is 0 Å². The number of para-hydroxylation sites is 2. The number of aryl methyl sites for hydroxylation is 1. The molecule has 1 heterocycles. The summed E-state index contributed by atoms with van der Waals surface area (Å²) in [6.07, 6.45) is 0. The van der Waals surface area contributed by atoms with Crippen LogP contribution in [0.3, 0.4) is 0 Å². The first-order chi connectivity index (χ1) is 9.19. The van der Waals surface area contributed by atoms with Crippen molar-refractivity contribution in [1.29, 1.82) is 0 Å². The third-order valence-corrected chi connectivity index (χ3v) is 3.15. The number of phenols is 1. The maximum absolute atomic E-state index is 10.1. The number of hydrogen-bond donors (Lipinski definition) is 2. The van der Waals surface area contributed by atoms with Crippen molar-refractivity contribution in [1.82, 2.24) is 9.97 Å². The Hall–Kier alpha value is -2.49. The molecule has 0 aliphatic carbocycles. The maximum atomic E-state index is 10.1. The number of aromatic hydroxyl groups is 1. The molecule has 0 aliphatic rings. The quantitative estimate of drug-likeness (QED) is 0.738. The van der Waals surface area contributed by atoms with Gasteiger partial charge in [-0.2, -0.15) is 0 Å². The van der Waals surface area contributed by atoms with Crippen molar-refractivity contribution in [2.45, 2.75) is 6.92 Å². The van der Waals surface area contributed by atoms with Gasteiger partial charge < -0.3 is 14.8 Å². The zero-order chi connectivity index (χ0) is 13.4. The van der Waals surface area contributed by atoms with Crippen molar-refractivity contribution in [3.63, 3.8) is 0 Å². The van der Waals surface area contributed by atoms with E-state index in [1.165, 1.54) is 0 Å². The summed E-state index contributed by atoms with van der Waals surface area (Å²) >= 11 is 0. The summed E-state index contributed by atoms with van der Waals surface area (Å²) in [5.41, 5.74) is 3.45. The van der Waals surface area contributed by atoms with Crippen LogP contribution in [-0.4, -0.2) is 22.2 Å². The van der Waals surface area contributed by atoms with Gasteiger partial charge in [-0.15, -0.1) is 0 Å². The van der Waals surface area contributed by atoms with E-state index in [0.717, 1.165) is 16.6 Å². The van der Waals surface area contributed by atoms with Gasteiger partial charge in [0.05, 0.1) is 23.7 Å². The summed E-state index contributed by atoms with van der Waals surface area (Å²) in [7, 11) is 1.58. The molecule has 0 fully saturated rings. The zero-order valence-corrected chi connectivity index (χ0v) is 10.8. The molecule has 2 N–H and O–H groups in total. The van der Waals surface area contributed by atoms with Gasteiger partial charge in [-0.1, -0.05) is 12.1 Å². The predicted octanol–water partition coefficient (Wildman–Crippen LogP) is 3.25. The molecule has 4 nitrogen and oxygen atoms in total. The van der Waals surface area contributed by atoms with Crippen molar-refractivity contribution in [3.05, 3.63) is 42.0 Å². The Kier molecular flexibility index (Phi) is 2.63. The lowest BCUT2D eigenvalue weighted by Gasteiger charge is -2.08. The second-order valence-corrected chi connectivity index (χ2v) is 4.44. The van der Waals surface area contributed by atoms with Crippen molar-refractivity contribution in [2.75, 3.05) is 7.11 Å². The summed E-state index contributed by atoms with van der Waals surface area (Å²) in [5, 5.41) is 10.1. The van der Waals surface area contributed by atoms with E-state index in [-0.39, 0.29) is 5.75 Å². The number of imidazole rings is 1. The van der Waals surface area contributed by atoms with Crippen molar-refractivity contribution < 1.29 is 9.84 Å². The lowest BCUT2D eigenvalue weighted by atomic mass is 10.1. The molecule has 0 aliphatic heterocycles. The van der Waals surface area contributed by atoms with Crippen LogP contribution in [0.1, 0.15) is 5.56 Å². The first kappa shape index (κ1) is 11.6. The fourth-order valence-electron chi connectivity index (χ4n) is 2.23. The SMILES string of the molecule is COc1cc(C)c(-c2nc3ccccc3[nH]2)c(O)c1. The number of aromatic amines is 1. The molecule has 1 aromatic heterocycles. The summed E-state index contributed by atoms with van der Waals surface area (Å²) in [6.45, 7) is 1.92. The highest BCUT2D eigenvalue weighted by Crippen LogP contribution is 2.35. The molecule has 0 atom stereocenters. The lowest BCUT2D eigenvalue weighted by Crippen LogP contribution is -1.90. The van der Waals surface area contributed by atoms with Gasteiger partial charge in [0, 0.05) is 6.07 Å². The largest absolute Gasteiger partial charge is 0.507 e. The standard InChI is InChI=1S/C15H14N2O2/c1-9-7-10(19-2)8-13(18)14(9)15-16-11-5-3-4-6-12(11)17-15/h3-8,18H,1-2H3,(H,16,17). The van der Waals surface area contributed by atoms with Crippen LogP contribution in [0.4, 0.5) is 0 Å². The minimum absolute atomic E-state index is 0.163. The van der Waals surface area contributed by atoms with E-state index in [1.54, 1.807) is 13.2 Å². The number of nitrogens with zero attached hydrogens (tertiary/aromatic N) is 1. The van der Waals surface area contributed by atoms with Gasteiger partial charge in [0.1, 0.15) is 17.3 Å². The van der Waals surface area contributed by atoms with E-state index in [4.69, 9.17) is 4.74 Å². The van der Waals surface area contributed by atoms with E-state index >= 15 is 0 Å². The minimum Gasteiger partial charge on any atom is -0.507 e. The first-order valence-corrected chi connectivity index (χ1v) is 6.02. The van der Waals surface area contributed by atoms with Gasteiger partial charge in [0.2, 0.25) is 0 Å². The fraction of sp³-hybridized carbons (Fsp3) is 0.133. The number of aromatic nitrogens is 2. The van der Waals surface area contributed by atoms with Crippen molar-refractivity contribution in [2.24, 2.45) is 0 Å². The van der Waals surface area contributed by atoms with E-state index in [9.17, 15) is 5.11 Å². The summed E-state index contributed by atoms with van der Waals surface area (Å²) in [6, 6.07) is 11.3. The van der Waals surface area contributed by atoms with Crippen molar-refractivity contribution in [3.8, 4) is 22.9 Å². The molecule has 0 unspecified atom stereocenters. The average Bonchev–Trinajstić information content (AvgIpc) is 2.80. The number of hydrogen-bond acceptors (Lipinski definition) is 3. The number of methoxy groups -OCH3 is 1. The monoisotopic (exact) mass is 254 g/mol. The number of benzene rings is 2. The Morgan fingerprint density at radius 2 is 2.00 bits per heavy atom. The van der Waals surface area contributed by atoms with Gasteiger partial charge >= 0.3 is 0 Å². The molecule has 0 bridgehead atoms. The van der Waals surface area contributed by atoms with Crippen LogP contribution in [0, 0.1) is 6.92 Å². The van der Waals surface area contributed by atoms with Gasteiger partial charge in [-0.3, -0.25) is 0 Å². The third-order valence-electron chi connectivity index (χ3n) is 3.15. The number of H-pyrrole nitrogens is 1. The zero-order valence-electron chi connectivity index (χ0n) is 10.8. The van der Waals surface area contributed by atoms with E-state index in [1.807, 2.05) is 37.3 Å². The second kappa shape index (κ2) is 4.31. The van der Waals surface area contributed by atoms with Crippen LogP contribution in [0.15, 0.2) is 36.4 Å². The highest BCUT2D eigenvalue weighted by atomic mass is 16.5. The molecular formula is C15H14N2O2. The van der Waals surface area contributed by atoms with E-state index < -0.39 is 0 Å². The Balaban J connectivity index is 2.21. The Morgan fingerprint density at radius 3 is 2.68 bits per heavy atom. The molecule has 0 saturated heterocycles. The Morgan fingerprint density at radius 1 is 1.21 bits per heavy atom. The first-order valence-electron chi connectivity index (χ1n) is 6.02. The molecule has 96 valence electrons. The summed E-state index contributed by atoms with van der Waals surface area (Å²) in [4.78, 5) is 7.72. The maximum Gasteiger partial charge on any atom is 0.142 e. The molecular weight excluding hydrogens is 240 g/mol. The normalized spacial score (nSPS) is 10.8. The van der Waals surface area contributed by atoms with Crippen LogP contribution in [0.25, 0.3) is 22.4 Å². The topological polar surface area (TPSA) is 58.1 Å². The Bertz CT molecular complexity index is 691. The number of phenolic OH excluding ortho intramolecular Hbond substituents is 1. The predicted molar refractivity (Wildman–Crippen MR) is 74.5 cm³/mol. The summed E-state index contributed by atoms with van der Waals surface area (Å²) in [5.74, 6) is 1.46. The molecule has 0 saturated carbocycles. The molecule has 0 radical (unpaired) electrons. The summed E-state index contributed by atoms with van der Waals surface area (Å²) < 4.78 is 5.14. The molecule has 4 heteroatoms. The van der Waals surface area contributed by atoms with Gasteiger partial charge in [-0.25, -0.2) is 4.98 Å². The van der Waals surface area contributed by atoms with Crippen LogP contribution < -0.4 is 4.74 Å². The fourth-order valence-corrected chi connectivity index (χ4v) is 2.23. The number of ether oxygens (including phenoxy) is 1. The average molecular weight is 254 g/mol. The van der Waals surface area contributed by atoms with Crippen molar-refractivity contribution >= 4 is 11.0 Å². The number of nitrogens with one attached hydrogen (secondary N) is 1. The molecule has 3 aromatic rings. The lowest BCUT2D eigenvalue weighted by molar-refractivity contribution is 0.407. The van der Waals surface area contributed by atoms with Gasteiger partial charge in [-0.05, 0) is 30.7 Å². The van der Waals surface area contributed by atoms with E-state index in [0.29, 0.717) is 17.1 Å². The number of fused-ring (bicyclic) bond motifs is 1. The third kappa shape index (κ3) is 1.91. The van der Waals surface area contributed by atoms with Crippen LogP contribution in [0.5, 0.6) is 11.5 Å². The Labute approximate surface area is 110 Å². The molecule has 2 aromatic carbocycles. The minimum atomic E-state index is 0.163.